The van der Waals surface area contributed by atoms with Gasteiger partial charge in [0.05, 0.1) is 4.88 Å². The molecule has 0 atom stereocenters. The molecule has 1 N–H and O–H groups in total. The van der Waals surface area contributed by atoms with Crippen molar-refractivity contribution in [3.8, 4) is 10.4 Å². The third-order valence-electron chi connectivity index (χ3n) is 3.38. The maximum atomic E-state index is 12.1. The van der Waals surface area contributed by atoms with Crippen LogP contribution in [-0.4, -0.2) is 11.9 Å². The number of hydrogen-bond donors (Lipinski definition) is 1. The van der Waals surface area contributed by atoms with E-state index in [-0.39, 0.29) is 11.9 Å². The number of fused-ring (bicyclic) bond motifs is 3. The fraction of sp³-hybridized carbons (Fsp3) is 0.312. The first-order valence-electron chi connectivity index (χ1n) is 6.67. The standard InChI is InChI=1S/C16H17NOS/c1-10(2)17-16(18)14-9-12-8-7-11-5-3-4-6-13(11)15(12)19-14/h3-6,9-10H,7-8H2,1-2H3,(H,17,18). The third kappa shape index (κ3) is 2.30. The number of benzene rings is 1. The largest absolute Gasteiger partial charge is 0.349 e. The predicted octanol–water partition coefficient (Wildman–Crippen LogP) is 3.65. The zero-order chi connectivity index (χ0) is 13.4. The second-order valence-corrected chi connectivity index (χ2v) is 6.30. The number of thiophene rings is 1. The Bertz CT molecular complexity index is 627. The number of carbonyl (C=O) groups is 1. The van der Waals surface area contributed by atoms with Crippen LogP contribution in [0.1, 0.15) is 34.6 Å². The molecule has 2 aromatic rings. The quantitative estimate of drug-likeness (QED) is 0.887. The lowest BCUT2D eigenvalue weighted by molar-refractivity contribution is 0.0947. The van der Waals surface area contributed by atoms with Gasteiger partial charge in [0, 0.05) is 10.9 Å². The minimum absolute atomic E-state index is 0.0480. The molecule has 1 aliphatic carbocycles. The molecule has 2 nitrogen and oxygen atoms in total. The van der Waals surface area contributed by atoms with E-state index >= 15 is 0 Å². The Morgan fingerprint density at radius 2 is 1.95 bits per heavy atom. The lowest BCUT2D eigenvalue weighted by Crippen LogP contribution is -2.29. The molecule has 3 rings (SSSR count). The second-order valence-electron chi connectivity index (χ2n) is 5.25. The summed E-state index contributed by atoms with van der Waals surface area (Å²) in [6.07, 6.45) is 2.11. The van der Waals surface area contributed by atoms with Gasteiger partial charge in [0.2, 0.25) is 0 Å². The highest BCUT2D eigenvalue weighted by Gasteiger charge is 2.21. The average Bonchev–Trinajstić information content (AvgIpc) is 2.82. The Balaban J connectivity index is 1.99. The highest BCUT2D eigenvalue weighted by molar-refractivity contribution is 7.17. The Kier molecular flexibility index (Phi) is 3.15. The summed E-state index contributed by atoms with van der Waals surface area (Å²) in [4.78, 5) is 14.2. The van der Waals surface area contributed by atoms with Crippen LogP contribution in [0.25, 0.3) is 10.4 Å². The van der Waals surface area contributed by atoms with E-state index in [2.05, 4.69) is 35.6 Å². The molecule has 0 saturated carbocycles. The molecule has 1 aliphatic rings. The Morgan fingerprint density at radius 1 is 1.21 bits per heavy atom. The Hall–Kier alpha value is -1.61. The van der Waals surface area contributed by atoms with E-state index in [1.54, 1.807) is 11.3 Å². The molecule has 98 valence electrons. The van der Waals surface area contributed by atoms with E-state index in [0.29, 0.717) is 0 Å². The van der Waals surface area contributed by atoms with Gasteiger partial charge in [-0.1, -0.05) is 24.3 Å². The first-order chi connectivity index (χ1) is 9.15. The summed E-state index contributed by atoms with van der Waals surface area (Å²) in [6, 6.07) is 10.7. The van der Waals surface area contributed by atoms with Gasteiger partial charge in [0.25, 0.3) is 5.91 Å². The third-order valence-corrected chi connectivity index (χ3v) is 4.59. The maximum absolute atomic E-state index is 12.1. The SMILES string of the molecule is CC(C)NC(=O)c1cc2c(s1)-c1ccccc1CC2. The molecule has 0 aliphatic heterocycles. The van der Waals surface area contributed by atoms with Crippen LogP contribution in [-0.2, 0) is 12.8 Å². The average molecular weight is 271 g/mol. The molecule has 1 aromatic carbocycles. The molecule has 1 aromatic heterocycles. The first kappa shape index (κ1) is 12.4. The van der Waals surface area contributed by atoms with Gasteiger partial charge in [-0.2, -0.15) is 0 Å². The van der Waals surface area contributed by atoms with Crippen molar-refractivity contribution >= 4 is 17.2 Å². The van der Waals surface area contributed by atoms with Gasteiger partial charge in [-0.3, -0.25) is 4.79 Å². The molecule has 0 bridgehead atoms. The number of hydrogen-bond acceptors (Lipinski definition) is 2. The van der Waals surface area contributed by atoms with E-state index in [4.69, 9.17) is 0 Å². The van der Waals surface area contributed by atoms with Crippen LogP contribution in [0.3, 0.4) is 0 Å². The van der Waals surface area contributed by atoms with Crippen molar-refractivity contribution < 1.29 is 4.79 Å². The summed E-state index contributed by atoms with van der Waals surface area (Å²) in [7, 11) is 0. The first-order valence-corrected chi connectivity index (χ1v) is 7.48. The summed E-state index contributed by atoms with van der Waals surface area (Å²) in [5.74, 6) is 0.0480. The van der Waals surface area contributed by atoms with Gasteiger partial charge < -0.3 is 5.32 Å². The zero-order valence-corrected chi connectivity index (χ0v) is 12.0. The van der Waals surface area contributed by atoms with Crippen LogP contribution in [0.5, 0.6) is 0 Å². The predicted molar refractivity (Wildman–Crippen MR) is 79.8 cm³/mol. The van der Waals surface area contributed by atoms with Crippen LogP contribution in [0, 0.1) is 0 Å². The fourth-order valence-electron chi connectivity index (χ4n) is 2.52. The van der Waals surface area contributed by atoms with Crippen LogP contribution in [0.4, 0.5) is 0 Å². The van der Waals surface area contributed by atoms with E-state index in [1.165, 1.54) is 21.6 Å². The van der Waals surface area contributed by atoms with E-state index in [1.807, 2.05) is 13.8 Å². The van der Waals surface area contributed by atoms with E-state index in [0.717, 1.165) is 17.7 Å². The van der Waals surface area contributed by atoms with Gasteiger partial charge in [0.15, 0.2) is 0 Å². The monoisotopic (exact) mass is 271 g/mol. The van der Waals surface area contributed by atoms with Crippen molar-refractivity contribution in [1.29, 1.82) is 0 Å². The van der Waals surface area contributed by atoms with Gasteiger partial charge >= 0.3 is 0 Å². The van der Waals surface area contributed by atoms with Crippen LogP contribution in [0.15, 0.2) is 30.3 Å². The summed E-state index contributed by atoms with van der Waals surface area (Å²) in [5, 5.41) is 2.96. The molecular formula is C16H17NOS. The molecule has 0 fully saturated rings. The lowest BCUT2D eigenvalue weighted by atomic mass is 9.91. The van der Waals surface area contributed by atoms with Crippen molar-refractivity contribution in [3.63, 3.8) is 0 Å². The highest BCUT2D eigenvalue weighted by Crippen LogP contribution is 2.39. The minimum Gasteiger partial charge on any atom is -0.349 e. The minimum atomic E-state index is 0.0480. The number of carbonyl (C=O) groups excluding carboxylic acids is 1. The highest BCUT2D eigenvalue weighted by atomic mass is 32.1. The van der Waals surface area contributed by atoms with Crippen molar-refractivity contribution in [3.05, 3.63) is 46.3 Å². The Labute approximate surface area is 117 Å². The van der Waals surface area contributed by atoms with E-state index < -0.39 is 0 Å². The number of aryl methyl sites for hydroxylation is 2. The smallest absolute Gasteiger partial charge is 0.261 e. The van der Waals surface area contributed by atoms with Crippen LogP contribution in [0.2, 0.25) is 0 Å². The molecule has 1 amide bonds. The summed E-state index contributed by atoms with van der Waals surface area (Å²) in [5.41, 5.74) is 4.02. The Morgan fingerprint density at radius 3 is 2.74 bits per heavy atom. The molecule has 0 saturated heterocycles. The zero-order valence-electron chi connectivity index (χ0n) is 11.2. The van der Waals surface area contributed by atoms with Gasteiger partial charge in [-0.15, -0.1) is 11.3 Å². The summed E-state index contributed by atoms with van der Waals surface area (Å²) >= 11 is 1.62. The summed E-state index contributed by atoms with van der Waals surface area (Å²) in [6.45, 7) is 3.97. The van der Waals surface area contributed by atoms with Gasteiger partial charge in [-0.05, 0) is 49.4 Å². The van der Waals surface area contributed by atoms with Gasteiger partial charge in [0.1, 0.15) is 0 Å². The molecule has 0 radical (unpaired) electrons. The number of amides is 1. The molecule has 1 heterocycles. The molecule has 0 spiro atoms. The number of rotatable bonds is 2. The summed E-state index contributed by atoms with van der Waals surface area (Å²) < 4.78 is 0. The van der Waals surface area contributed by atoms with Crippen molar-refractivity contribution in [2.45, 2.75) is 32.7 Å². The van der Waals surface area contributed by atoms with Crippen molar-refractivity contribution in [1.82, 2.24) is 5.32 Å². The van der Waals surface area contributed by atoms with Crippen molar-refractivity contribution in [2.24, 2.45) is 0 Å². The number of nitrogens with one attached hydrogen (secondary N) is 1. The molecule has 19 heavy (non-hydrogen) atoms. The fourth-order valence-corrected chi connectivity index (χ4v) is 3.69. The van der Waals surface area contributed by atoms with Crippen LogP contribution < -0.4 is 5.32 Å². The van der Waals surface area contributed by atoms with E-state index in [9.17, 15) is 4.79 Å². The lowest BCUT2D eigenvalue weighted by Gasteiger charge is -2.15. The molecule has 0 unspecified atom stereocenters. The molecular weight excluding hydrogens is 254 g/mol. The van der Waals surface area contributed by atoms with Crippen molar-refractivity contribution in [2.75, 3.05) is 0 Å². The molecule has 3 heteroatoms. The normalized spacial score (nSPS) is 13.0. The van der Waals surface area contributed by atoms with Gasteiger partial charge in [-0.25, -0.2) is 0 Å². The maximum Gasteiger partial charge on any atom is 0.261 e. The topological polar surface area (TPSA) is 29.1 Å². The van der Waals surface area contributed by atoms with Crippen LogP contribution >= 0.6 is 11.3 Å². The second kappa shape index (κ2) is 4.82.